The Morgan fingerprint density at radius 3 is 2.25 bits per heavy atom. The van der Waals surface area contributed by atoms with Crippen molar-refractivity contribution >= 4 is 17.7 Å². The summed E-state index contributed by atoms with van der Waals surface area (Å²) in [5.41, 5.74) is 1.62. The highest BCUT2D eigenvalue weighted by molar-refractivity contribution is 6.04. The van der Waals surface area contributed by atoms with Gasteiger partial charge in [-0.05, 0) is 56.7 Å². The molecular formula is C19H21N2O3. The summed E-state index contributed by atoms with van der Waals surface area (Å²) in [4.78, 5) is 23.7. The highest BCUT2D eigenvalue weighted by atomic mass is 16.6. The maximum atomic E-state index is 12.1. The fourth-order valence-electron chi connectivity index (χ4n) is 1.94. The van der Waals surface area contributed by atoms with Gasteiger partial charge in [0.1, 0.15) is 5.60 Å². The fraction of sp³-hybridized carbons (Fsp3) is 0.263. The van der Waals surface area contributed by atoms with Crippen LogP contribution in [-0.4, -0.2) is 17.6 Å². The first-order valence-corrected chi connectivity index (χ1v) is 7.67. The van der Waals surface area contributed by atoms with Gasteiger partial charge >= 0.3 is 6.09 Å². The first-order chi connectivity index (χ1) is 11.3. The van der Waals surface area contributed by atoms with Crippen LogP contribution in [-0.2, 0) is 11.3 Å². The van der Waals surface area contributed by atoms with Crippen LogP contribution in [0.3, 0.4) is 0 Å². The summed E-state index contributed by atoms with van der Waals surface area (Å²) in [7, 11) is 0. The number of carbonyl (C=O) groups excluding carboxylic acids is 2. The lowest BCUT2D eigenvalue weighted by Gasteiger charge is -2.19. The molecule has 0 aliphatic carbocycles. The van der Waals surface area contributed by atoms with Gasteiger partial charge in [0, 0.05) is 17.8 Å². The summed E-state index contributed by atoms with van der Waals surface area (Å²) in [6.07, 6.45) is -0.467. The van der Waals surface area contributed by atoms with Crippen molar-refractivity contribution < 1.29 is 14.3 Å². The predicted octanol–water partition coefficient (Wildman–Crippen LogP) is 3.76. The van der Waals surface area contributed by atoms with Crippen molar-refractivity contribution in [1.29, 1.82) is 0 Å². The maximum Gasteiger partial charge on any atom is 0.407 e. The van der Waals surface area contributed by atoms with E-state index in [1.807, 2.05) is 20.8 Å². The number of nitrogens with one attached hydrogen (secondary N) is 2. The summed E-state index contributed by atoms with van der Waals surface area (Å²) in [5.74, 6) is -0.187. The van der Waals surface area contributed by atoms with Crippen LogP contribution in [0, 0.1) is 6.07 Å². The van der Waals surface area contributed by atoms with E-state index >= 15 is 0 Å². The number of alkyl carbamates (subject to hydrolysis) is 1. The molecule has 0 aromatic heterocycles. The average Bonchev–Trinajstić information content (AvgIpc) is 2.53. The van der Waals surface area contributed by atoms with E-state index in [1.165, 1.54) is 0 Å². The van der Waals surface area contributed by atoms with Gasteiger partial charge < -0.3 is 15.4 Å². The number of hydrogen-bond donors (Lipinski definition) is 2. The van der Waals surface area contributed by atoms with E-state index in [0.717, 1.165) is 11.3 Å². The number of hydrogen-bond acceptors (Lipinski definition) is 3. The SMILES string of the molecule is CC(C)(C)OC(=O)NCc1ccc(C(=O)Nc2cc[c]cc2)cc1. The van der Waals surface area contributed by atoms with Crippen LogP contribution in [0.1, 0.15) is 36.7 Å². The van der Waals surface area contributed by atoms with Crippen molar-refractivity contribution in [3.8, 4) is 0 Å². The zero-order chi connectivity index (χ0) is 17.6. The molecule has 0 fully saturated rings. The second-order valence-corrected chi connectivity index (χ2v) is 6.30. The van der Waals surface area contributed by atoms with Crippen LogP contribution >= 0.6 is 0 Å². The summed E-state index contributed by atoms with van der Waals surface area (Å²) >= 11 is 0. The van der Waals surface area contributed by atoms with Gasteiger partial charge in [0.25, 0.3) is 5.91 Å². The fourth-order valence-corrected chi connectivity index (χ4v) is 1.94. The molecule has 125 valence electrons. The number of anilines is 1. The Bertz CT molecular complexity index is 689. The lowest BCUT2D eigenvalue weighted by atomic mass is 10.1. The minimum absolute atomic E-state index is 0.187. The van der Waals surface area contributed by atoms with Gasteiger partial charge in [0.15, 0.2) is 0 Å². The highest BCUT2D eigenvalue weighted by Crippen LogP contribution is 2.10. The zero-order valence-corrected chi connectivity index (χ0v) is 14.1. The first kappa shape index (κ1) is 17.5. The van der Waals surface area contributed by atoms with Crippen LogP contribution in [0.5, 0.6) is 0 Å². The van der Waals surface area contributed by atoms with Crippen LogP contribution in [0.2, 0.25) is 0 Å². The Balaban J connectivity index is 1.88. The number of amides is 2. The first-order valence-electron chi connectivity index (χ1n) is 7.67. The van der Waals surface area contributed by atoms with Gasteiger partial charge in [-0.3, -0.25) is 4.79 Å². The van der Waals surface area contributed by atoms with E-state index in [4.69, 9.17) is 4.74 Å². The van der Waals surface area contributed by atoms with E-state index in [9.17, 15) is 9.59 Å². The molecule has 0 bridgehead atoms. The van der Waals surface area contributed by atoms with Gasteiger partial charge in [-0.2, -0.15) is 0 Å². The number of carbonyl (C=O) groups is 2. The quantitative estimate of drug-likeness (QED) is 0.899. The number of rotatable bonds is 4. The molecule has 1 radical (unpaired) electrons. The predicted molar refractivity (Wildman–Crippen MR) is 92.7 cm³/mol. The monoisotopic (exact) mass is 325 g/mol. The average molecular weight is 325 g/mol. The van der Waals surface area contributed by atoms with Crippen molar-refractivity contribution in [3.05, 3.63) is 65.7 Å². The van der Waals surface area contributed by atoms with Gasteiger partial charge in [0.05, 0.1) is 0 Å². The molecule has 2 amide bonds. The zero-order valence-electron chi connectivity index (χ0n) is 14.1. The summed E-state index contributed by atoms with van der Waals surface area (Å²) in [5, 5.41) is 5.48. The normalized spacial score (nSPS) is 10.8. The van der Waals surface area contributed by atoms with Crippen molar-refractivity contribution in [2.45, 2.75) is 32.9 Å². The molecule has 24 heavy (non-hydrogen) atoms. The smallest absolute Gasteiger partial charge is 0.407 e. The van der Waals surface area contributed by atoms with Gasteiger partial charge in [-0.1, -0.05) is 24.3 Å². The minimum Gasteiger partial charge on any atom is -0.444 e. The van der Waals surface area contributed by atoms with Crippen LogP contribution in [0.25, 0.3) is 0 Å². The molecule has 2 rings (SSSR count). The molecule has 0 spiro atoms. The molecule has 5 nitrogen and oxygen atoms in total. The molecule has 0 aliphatic rings. The molecule has 0 saturated heterocycles. The summed E-state index contributed by atoms with van der Waals surface area (Å²) in [6, 6.07) is 16.9. The van der Waals surface area contributed by atoms with Gasteiger partial charge in [-0.15, -0.1) is 0 Å². The third-order valence-corrected chi connectivity index (χ3v) is 3.03. The van der Waals surface area contributed by atoms with Crippen LogP contribution in [0.4, 0.5) is 10.5 Å². The topological polar surface area (TPSA) is 67.4 Å². The minimum atomic E-state index is -0.527. The van der Waals surface area contributed by atoms with Gasteiger partial charge in [-0.25, -0.2) is 4.79 Å². The van der Waals surface area contributed by atoms with Crippen molar-refractivity contribution in [1.82, 2.24) is 5.32 Å². The standard InChI is InChI=1S/C19H21N2O3/c1-19(2,3)24-18(23)20-13-14-9-11-15(12-10-14)17(22)21-16-7-5-4-6-8-16/h5-12H,13H2,1-3H3,(H,20,23)(H,21,22). The Morgan fingerprint density at radius 1 is 1.04 bits per heavy atom. The Hall–Kier alpha value is -2.82. The summed E-state index contributed by atoms with van der Waals surface area (Å²) < 4.78 is 5.17. The van der Waals surface area contributed by atoms with E-state index in [-0.39, 0.29) is 5.91 Å². The molecule has 0 aliphatic heterocycles. The summed E-state index contributed by atoms with van der Waals surface area (Å²) in [6.45, 7) is 5.77. The lowest BCUT2D eigenvalue weighted by molar-refractivity contribution is 0.0523. The molecule has 2 aromatic carbocycles. The molecule has 0 unspecified atom stereocenters. The molecule has 5 heteroatoms. The van der Waals surface area contributed by atoms with Crippen molar-refractivity contribution in [2.75, 3.05) is 5.32 Å². The molecule has 2 aromatic rings. The Morgan fingerprint density at radius 2 is 1.67 bits per heavy atom. The third kappa shape index (κ3) is 5.76. The van der Waals surface area contributed by atoms with Gasteiger partial charge in [0.2, 0.25) is 0 Å². The molecule has 0 atom stereocenters. The Labute approximate surface area is 142 Å². The van der Waals surface area contributed by atoms with E-state index in [0.29, 0.717) is 12.1 Å². The molecular weight excluding hydrogens is 304 g/mol. The van der Waals surface area contributed by atoms with E-state index in [2.05, 4.69) is 16.7 Å². The second-order valence-electron chi connectivity index (χ2n) is 6.30. The van der Waals surface area contributed by atoms with Crippen LogP contribution < -0.4 is 10.6 Å². The van der Waals surface area contributed by atoms with Crippen LogP contribution in [0.15, 0.2) is 48.5 Å². The van der Waals surface area contributed by atoms with Crippen molar-refractivity contribution in [2.24, 2.45) is 0 Å². The number of ether oxygens (including phenoxy) is 1. The molecule has 0 saturated carbocycles. The maximum absolute atomic E-state index is 12.1. The molecule has 2 N–H and O–H groups in total. The second kappa shape index (κ2) is 7.64. The Kier molecular flexibility index (Phi) is 5.58. The largest absolute Gasteiger partial charge is 0.444 e. The lowest BCUT2D eigenvalue weighted by Crippen LogP contribution is -2.32. The highest BCUT2D eigenvalue weighted by Gasteiger charge is 2.15. The molecule has 0 heterocycles. The number of benzene rings is 2. The van der Waals surface area contributed by atoms with E-state index in [1.54, 1.807) is 48.5 Å². The van der Waals surface area contributed by atoms with E-state index < -0.39 is 11.7 Å². The van der Waals surface area contributed by atoms with Crippen molar-refractivity contribution in [3.63, 3.8) is 0 Å². The third-order valence-electron chi connectivity index (χ3n) is 3.03.